The molecular weight excluding hydrogens is 415 g/mol. The van der Waals surface area contributed by atoms with Crippen LogP contribution in [0.5, 0.6) is 11.5 Å². The van der Waals surface area contributed by atoms with Crippen LogP contribution in [0.15, 0.2) is 54.9 Å². The summed E-state index contributed by atoms with van der Waals surface area (Å²) < 4.78 is 24.6. The van der Waals surface area contributed by atoms with Gasteiger partial charge in [-0.05, 0) is 41.1 Å². The first kappa shape index (κ1) is 19.7. The van der Waals surface area contributed by atoms with E-state index in [0.29, 0.717) is 26.2 Å². The molecule has 3 N–H and O–H groups in total. The molecule has 2 aromatic heterocycles. The maximum absolute atomic E-state index is 13.4. The minimum atomic E-state index is -0.483. The number of aromatic nitrogens is 2. The molecule has 0 fully saturated rings. The highest BCUT2D eigenvalue weighted by atomic mass is 32.1. The van der Waals surface area contributed by atoms with Gasteiger partial charge in [-0.15, -0.1) is 0 Å². The lowest BCUT2D eigenvalue weighted by Crippen LogP contribution is -2.31. The molecule has 0 aliphatic carbocycles. The van der Waals surface area contributed by atoms with Crippen LogP contribution in [-0.4, -0.2) is 35.8 Å². The van der Waals surface area contributed by atoms with Crippen LogP contribution < -0.4 is 20.5 Å². The number of hydrogen-bond donors (Lipinski definition) is 2. The van der Waals surface area contributed by atoms with Crippen LogP contribution in [0.25, 0.3) is 21.2 Å². The molecule has 0 saturated carbocycles. The second-order valence-electron chi connectivity index (χ2n) is 7.42. The second kappa shape index (κ2) is 8.49. The van der Waals surface area contributed by atoms with Crippen LogP contribution in [0.4, 0.5) is 9.52 Å². The van der Waals surface area contributed by atoms with E-state index in [1.54, 1.807) is 11.3 Å². The van der Waals surface area contributed by atoms with E-state index in [-0.39, 0.29) is 6.04 Å². The normalized spacial score (nSPS) is 13.9. The van der Waals surface area contributed by atoms with Gasteiger partial charge in [0.05, 0.1) is 4.88 Å². The number of fused-ring (bicyclic) bond motifs is 2. The maximum atomic E-state index is 13.4. The molecule has 1 aliphatic rings. The third-order valence-corrected chi connectivity index (χ3v) is 6.10. The van der Waals surface area contributed by atoms with Crippen molar-refractivity contribution in [2.24, 2.45) is 5.73 Å². The molecule has 0 unspecified atom stereocenters. The number of thiazole rings is 1. The van der Waals surface area contributed by atoms with Gasteiger partial charge >= 0.3 is 0 Å². The number of pyridine rings is 1. The summed E-state index contributed by atoms with van der Waals surface area (Å²) in [5.41, 5.74) is 8.42. The zero-order valence-electron chi connectivity index (χ0n) is 16.7. The Bertz CT molecular complexity index is 1230. The average molecular weight is 437 g/mol. The highest BCUT2D eigenvalue weighted by Gasteiger charge is 2.14. The van der Waals surface area contributed by atoms with Crippen molar-refractivity contribution in [3.63, 3.8) is 0 Å². The molecule has 6 nitrogen and oxygen atoms in total. The van der Waals surface area contributed by atoms with Gasteiger partial charge in [0.25, 0.3) is 0 Å². The van der Waals surface area contributed by atoms with Gasteiger partial charge in [0.1, 0.15) is 13.2 Å². The van der Waals surface area contributed by atoms with Gasteiger partial charge in [-0.3, -0.25) is 0 Å². The number of nitrogens with zero attached hydrogens (tertiary/aromatic N) is 2. The molecule has 0 radical (unpaired) electrons. The Kier molecular flexibility index (Phi) is 5.40. The fourth-order valence-electron chi connectivity index (χ4n) is 3.56. The summed E-state index contributed by atoms with van der Waals surface area (Å²) >= 11 is 1.54. The molecular formula is C23H21FN4O2S. The third-order valence-electron chi connectivity index (χ3n) is 5.10. The number of nitrogens with two attached hydrogens (primary N) is 1. The molecule has 0 bridgehead atoms. The number of benzene rings is 2. The van der Waals surface area contributed by atoms with E-state index in [0.717, 1.165) is 43.4 Å². The molecule has 8 heteroatoms. The minimum Gasteiger partial charge on any atom is -0.486 e. The number of nitrogens with one attached hydrogen (secondary N) is 1. The lowest BCUT2D eigenvalue weighted by molar-refractivity contribution is 0.171. The van der Waals surface area contributed by atoms with Crippen LogP contribution in [0.3, 0.4) is 0 Å². The molecule has 5 rings (SSSR count). The molecule has 4 aromatic rings. The SMILES string of the molecule is N[C@H](CNc1ncc(-c2ccc3cnc(F)cc3c2)s1)Cc1ccc2c(c1)OCCO2. The Morgan fingerprint density at radius 1 is 1.00 bits per heavy atom. The molecule has 0 spiro atoms. The summed E-state index contributed by atoms with van der Waals surface area (Å²) in [6, 6.07) is 13.2. The predicted molar refractivity (Wildman–Crippen MR) is 120 cm³/mol. The number of halogens is 1. The number of hydrogen-bond acceptors (Lipinski definition) is 7. The second-order valence-corrected chi connectivity index (χ2v) is 8.45. The van der Waals surface area contributed by atoms with Gasteiger partial charge in [-0.2, -0.15) is 4.39 Å². The fourth-order valence-corrected chi connectivity index (χ4v) is 4.38. The largest absolute Gasteiger partial charge is 0.486 e. The Balaban J connectivity index is 1.22. The molecule has 1 aliphatic heterocycles. The van der Waals surface area contributed by atoms with E-state index in [1.807, 2.05) is 42.6 Å². The van der Waals surface area contributed by atoms with Gasteiger partial charge in [-0.25, -0.2) is 9.97 Å². The number of anilines is 1. The van der Waals surface area contributed by atoms with Crippen LogP contribution in [0.1, 0.15) is 5.56 Å². The van der Waals surface area contributed by atoms with Gasteiger partial charge < -0.3 is 20.5 Å². The Labute approximate surface area is 182 Å². The summed E-state index contributed by atoms with van der Waals surface area (Å²) in [5.74, 6) is 1.08. The van der Waals surface area contributed by atoms with Crippen molar-refractivity contribution in [2.75, 3.05) is 25.1 Å². The van der Waals surface area contributed by atoms with Crippen molar-refractivity contribution in [1.82, 2.24) is 9.97 Å². The monoisotopic (exact) mass is 436 g/mol. The first-order chi connectivity index (χ1) is 15.1. The van der Waals surface area contributed by atoms with Crippen molar-refractivity contribution >= 4 is 27.2 Å². The van der Waals surface area contributed by atoms with Crippen LogP contribution in [-0.2, 0) is 6.42 Å². The highest BCUT2D eigenvalue weighted by molar-refractivity contribution is 7.18. The summed E-state index contributed by atoms with van der Waals surface area (Å²) in [6.07, 6.45) is 4.07. The van der Waals surface area contributed by atoms with Gasteiger partial charge in [0.15, 0.2) is 16.6 Å². The molecule has 1 atom stereocenters. The minimum absolute atomic E-state index is 0.0777. The van der Waals surface area contributed by atoms with Crippen LogP contribution >= 0.6 is 11.3 Å². The Hall–Kier alpha value is -3.23. The van der Waals surface area contributed by atoms with E-state index in [9.17, 15) is 4.39 Å². The summed E-state index contributed by atoms with van der Waals surface area (Å²) in [6.45, 7) is 1.74. The summed E-state index contributed by atoms with van der Waals surface area (Å²) in [7, 11) is 0. The van der Waals surface area contributed by atoms with Gasteiger partial charge in [-0.1, -0.05) is 29.5 Å². The standard InChI is InChI=1S/C23H21FN4O2S/c24-22-10-17-9-15(2-3-16(17)11-26-22)21-13-28-23(31-21)27-12-18(25)7-14-1-4-19-20(8-14)30-6-5-29-19/h1-4,8-11,13,18H,5-7,12,25H2,(H,27,28)/t18-/m0/s1. The predicted octanol–water partition coefficient (Wildman–Crippen LogP) is 4.25. The van der Waals surface area contributed by atoms with Crippen molar-refractivity contribution < 1.29 is 13.9 Å². The molecule has 0 amide bonds. The van der Waals surface area contributed by atoms with Crippen molar-refractivity contribution in [3.8, 4) is 21.9 Å². The zero-order valence-corrected chi connectivity index (χ0v) is 17.5. The van der Waals surface area contributed by atoms with E-state index < -0.39 is 5.95 Å². The highest BCUT2D eigenvalue weighted by Crippen LogP contribution is 2.32. The first-order valence-electron chi connectivity index (χ1n) is 10.0. The molecule has 158 valence electrons. The topological polar surface area (TPSA) is 82.3 Å². The van der Waals surface area contributed by atoms with Gasteiger partial charge in [0, 0.05) is 36.4 Å². The fraction of sp³-hybridized carbons (Fsp3) is 0.217. The maximum Gasteiger partial charge on any atom is 0.213 e. The lowest BCUT2D eigenvalue weighted by Gasteiger charge is -2.19. The zero-order chi connectivity index (χ0) is 21.2. The van der Waals surface area contributed by atoms with Crippen LogP contribution in [0, 0.1) is 5.95 Å². The Morgan fingerprint density at radius 2 is 1.87 bits per heavy atom. The van der Waals surface area contributed by atoms with Crippen molar-refractivity contribution in [2.45, 2.75) is 12.5 Å². The number of rotatable bonds is 6. The summed E-state index contributed by atoms with van der Waals surface area (Å²) in [5, 5.41) is 5.83. The smallest absolute Gasteiger partial charge is 0.213 e. The van der Waals surface area contributed by atoms with Crippen LogP contribution in [0.2, 0.25) is 0 Å². The third kappa shape index (κ3) is 4.45. The summed E-state index contributed by atoms with van der Waals surface area (Å²) in [4.78, 5) is 9.15. The van der Waals surface area contributed by atoms with E-state index in [1.165, 1.54) is 12.3 Å². The number of ether oxygens (including phenoxy) is 2. The molecule has 31 heavy (non-hydrogen) atoms. The molecule has 0 saturated heterocycles. The van der Waals surface area contributed by atoms with E-state index in [4.69, 9.17) is 15.2 Å². The quantitative estimate of drug-likeness (QED) is 0.440. The Morgan fingerprint density at radius 3 is 2.77 bits per heavy atom. The van der Waals surface area contributed by atoms with E-state index in [2.05, 4.69) is 15.3 Å². The van der Waals surface area contributed by atoms with Gasteiger partial charge in [0.2, 0.25) is 5.95 Å². The van der Waals surface area contributed by atoms with E-state index >= 15 is 0 Å². The van der Waals surface area contributed by atoms with Crippen molar-refractivity contribution in [1.29, 1.82) is 0 Å². The molecule has 2 aromatic carbocycles. The molecule has 3 heterocycles. The van der Waals surface area contributed by atoms with Crippen molar-refractivity contribution in [3.05, 3.63) is 66.4 Å². The average Bonchev–Trinajstić information content (AvgIpc) is 3.26. The first-order valence-corrected chi connectivity index (χ1v) is 10.9. The lowest BCUT2D eigenvalue weighted by atomic mass is 10.1.